The molecule has 0 N–H and O–H groups in total. The van der Waals surface area contributed by atoms with Crippen LogP contribution in [0.5, 0.6) is 0 Å². The lowest BCUT2D eigenvalue weighted by Gasteiger charge is -2.31. The second-order valence-corrected chi connectivity index (χ2v) is 9.33. The average Bonchev–Trinajstić information content (AvgIpc) is 3.46. The molecule has 0 amide bonds. The number of benzene rings is 2. The summed E-state index contributed by atoms with van der Waals surface area (Å²) in [7, 11) is 0. The van der Waals surface area contributed by atoms with Crippen LogP contribution in [-0.2, 0) is 6.54 Å². The molecule has 6 heteroatoms. The molecule has 4 aromatic rings. The molecular formula is C25H25N5S. The molecule has 2 aromatic carbocycles. The minimum absolute atomic E-state index is 0.186. The fourth-order valence-electron chi connectivity index (χ4n) is 4.43. The molecule has 2 aromatic heterocycles. The fourth-order valence-corrected chi connectivity index (χ4v) is 5.57. The Labute approximate surface area is 186 Å². The van der Waals surface area contributed by atoms with E-state index in [2.05, 4.69) is 51.7 Å². The molecule has 0 radical (unpaired) electrons. The van der Waals surface area contributed by atoms with Crippen molar-refractivity contribution in [3.63, 3.8) is 0 Å². The summed E-state index contributed by atoms with van der Waals surface area (Å²) < 4.78 is 3.54. The van der Waals surface area contributed by atoms with Gasteiger partial charge in [-0.2, -0.15) is 5.26 Å². The van der Waals surface area contributed by atoms with E-state index in [1.54, 1.807) is 0 Å². The predicted octanol–water partition coefficient (Wildman–Crippen LogP) is 5.35. The number of thiazole rings is 1. The number of imidazole rings is 1. The van der Waals surface area contributed by atoms with Gasteiger partial charge >= 0.3 is 0 Å². The van der Waals surface area contributed by atoms with Crippen LogP contribution in [0.3, 0.4) is 0 Å². The van der Waals surface area contributed by atoms with Crippen molar-refractivity contribution in [3.8, 4) is 6.07 Å². The first-order chi connectivity index (χ1) is 15.2. The summed E-state index contributed by atoms with van der Waals surface area (Å²) in [5.74, 6) is 0.566. The lowest BCUT2D eigenvalue weighted by Crippen LogP contribution is -2.33. The van der Waals surface area contributed by atoms with Crippen LogP contribution in [0, 0.1) is 11.3 Å². The van der Waals surface area contributed by atoms with Gasteiger partial charge < -0.3 is 4.57 Å². The number of likely N-dealkylation sites (tertiary alicyclic amines) is 1. The van der Waals surface area contributed by atoms with E-state index in [9.17, 15) is 0 Å². The highest BCUT2D eigenvalue weighted by atomic mass is 32.1. The largest absolute Gasteiger partial charge is 0.326 e. The van der Waals surface area contributed by atoms with Crippen LogP contribution in [0.1, 0.15) is 53.6 Å². The standard InChI is InChI=1S/C25H25N5S/c1-18(20-8-6-19(14-26)7-9-20)30-17-27-15-22(30)16-29-12-10-21(11-13-29)25-28-23-4-2-3-5-24(23)31-25/h2-9,15,17-18,21H,10-13,16H2,1H3. The number of nitrogens with zero attached hydrogens (tertiary/aromatic N) is 5. The maximum atomic E-state index is 9.03. The first-order valence-corrected chi connectivity index (χ1v) is 11.6. The third-order valence-electron chi connectivity index (χ3n) is 6.32. The Hall–Kier alpha value is -3.01. The van der Waals surface area contributed by atoms with Gasteiger partial charge in [0.15, 0.2) is 0 Å². The van der Waals surface area contributed by atoms with Gasteiger partial charge in [0, 0.05) is 18.7 Å². The predicted molar refractivity (Wildman–Crippen MR) is 124 cm³/mol. The van der Waals surface area contributed by atoms with Gasteiger partial charge in [-0.05, 0) is 62.7 Å². The minimum atomic E-state index is 0.186. The van der Waals surface area contributed by atoms with Gasteiger partial charge in [0.2, 0.25) is 0 Å². The van der Waals surface area contributed by atoms with Crippen LogP contribution < -0.4 is 0 Å². The molecule has 0 saturated carbocycles. The van der Waals surface area contributed by atoms with Crippen molar-refractivity contribution < 1.29 is 0 Å². The van der Waals surface area contributed by atoms with E-state index in [-0.39, 0.29) is 6.04 Å². The van der Waals surface area contributed by atoms with E-state index in [0.29, 0.717) is 11.5 Å². The molecule has 0 bridgehead atoms. The number of rotatable bonds is 5. The van der Waals surface area contributed by atoms with Gasteiger partial charge in [-0.25, -0.2) is 9.97 Å². The molecule has 0 aliphatic carbocycles. The molecular weight excluding hydrogens is 402 g/mol. The van der Waals surface area contributed by atoms with Crippen molar-refractivity contribution in [2.45, 2.75) is 38.3 Å². The second-order valence-electron chi connectivity index (χ2n) is 8.27. The molecule has 0 spiro atoms. The Morgan fingerprint density at radius 3 is 2.65 bits per heavy atom. The number of para-hydroxylation sites is 1. The number of piperidine rings is 1. The monoisotopic (exact) mass is 427 g/mol. The van der Waals surface area contributed by atoms with Crippen molar-refractivity contribution in [2.75, 3.05) is 13.1 Å². The Morgan fingerprint density at radius 2 is 1.90 bits per heavy atom. The second kappa shape index (κ2) is 8.62. The molecule has 1 saturated heterocycles. The molecule has 31 heavy (non-hydrogen) atoms. The fraction of sp³-hybridized carbons (Fsp3) is 0.320. The van der Waals surface area contributed by atoms with Crippen molar-refractivity contribution >= 4 is 21.6 Å². The molecule has 5 nitrogen and oxygen atoms in total. The first-order valence-electron chi connectivity index (χ1n) is 10.8. The minimum Gasteiger partial charge on any atom is -0.326 e. The van der Waals surface area contributed by atoms with Crippen LogP contribution in [0.15, 0.2) is 61.1 Å². The molecule has 156 valence electrons. The number of hydrogen-bond donors (Lipinski definition) is 0. The number of hydrogen-bond acceptors (Lipinski definition) is 5. The molecule has 1 fully saturated rings. The highest BCUT2D eigenvalue weighted by Gasteiger charge is 2.24. The summed E-state index contributed by atoms with van der Waals surface area (Å²) in [6.07, 6.45) is 6.21. The zero-order valence-electron chi connectivity index (χ0n) is 17.6. The zero-order valence-corrected chi connectivity index (χ0v) is 18.4. The van der Waals surface area contributed by atoms with Crippen LogP contribution >= 0.6 is 11.3 Å². The first kappa shape index (κ1) is 19.9. The topological polar surface area (TPSA) is 57.7 Å². The molecule has 5 rings (SSSR count). The van der Waals surface area contributed by atoms with Gasteiger partial charge in [-0.15, -0.1) is 11.3 Å². The Morgan fingerprint density at radius 1 is 1.13 bits per heavy atom. The Bertz CT molecular complexity index is 1180. The van der Waals surface area contributed by atoms with E-state index in [1.807, 2.05) is 48.1 Å². The summed E-state index contributed by atoms with van der Waals surface area (Å²) in [6.45, 7) is 5.26. The number of aromatic nitrogens is 3. The molecule has 1 atom stereocenters. The normalized spacial score (nSPS) is 16.4. The zero-order chi connectivity index (χ0) is 21.2. The van der Waals surface area contributed by atoms with E-state index in [4.69, 9.17) is 10.2 Å². The van der Waals surface area contributed by atoms with Gasteiger partial charge in [-0.1, -0.05) is 24.3 Å². The van der Waals surface area contributed by atoms with Gasteiger partial charge in [-0.3, -0.25) is 4.90 Å². The molecule has 1 aliphatic heterocycles. The Kier molecular flexibility index (Phi) is 5.54. The van der Waals surface area contributed by atoms with Crippen molar-refractivity contribution in [3.05, 3.63) is 82.9 Å². The van der Waals surface area contributed by atoms with E-state index < -0.39 is 0 Å². The highest BCUT2D eigenvalue weighted by Crippen LogP contribution is 2.34. The summed E-state index contributed by atoms with van der Waals surface area (Å²) in [5.41, 5.74) is 4.24. The molecule has 3 heterocycles. The van der Waals surface area contributed by atoms with E-state index in [0.717, 1.165) is 38.0 Å². The van der Waals surface area contributed by atoms with Crippen LogP contribution in [0.4, 0.5) is 0 Å². The SMILES string of the molecule is CC(c1ccc(C#N)cc1)n1cncc1CN1CCC(c2nc3ccccc3s2)CC1. The lowest BCUT2D eigenvalue weighted by atomic mass is 9.97. The van der Waals surface area contributed by atoms with E-state index >= 15 is 0 Å². The maximum Gasteiger partial charge on any atom is 0.0991 e. The van der Waals surface area contributed by atoms with Gasteiger partial charge in [0.1, 0.15) is 0 Å². The van der Waals surface area contributed by atoms with Crippen molar-refractivity contribution in [1.82, 2.24) is 19.4 Å². The third kappa shape index (κ3) is 4.12. The third-order valence-corrected chi connectivity index (χ3v) is 7.52. The quantitative estimate of drug-likeness (QED) is 0.431. The summed E-state index contributed by atoms with van der Waals surface area (Å²) in [4.78, 5) is 11.8. The summed E-state index contributed by atoms with van der Waals surface area (Å²) in [6, 6.07) is 18.7. The lowest BCUT2D eigenvalue weighted by molar-refractivity contribution is 0.199. The summed E-state index contributed by atoms with van der Waals surface area (Å²) >= 11 is 1.85. The Balaban J connectivity index is 1.24. The average molecular weight is 428 g/mol. The maximum absolute atomic E-state index is 9.03. The van der Waals surface area contributed by atoms with Crippen LogP contribution in [-0.4, -0.2) is 32.5 Å². The van der Waals surface area contributed by atoms with Crippen LogP contribution in [0.2, 0.25) is 0 Å². The van der Waals surface area contributed by atoms with Gasteiger partial charge in [0.05, 0.1) is 44.9 Å². The molecule has 1 unspecified atom stereocenters. The van der Waals surface area contributed by atoms with Crippen molar-refractivity contribution in [2.24, 2.45) is 0 Å². The van der Waals surface area contributed by atoms with E-state index in [1.165, 1.54) is 21.0 Å². The smallest absolute Gasteiger partial charge is 0.0991 e. The molecule has 1 aliphatic rings. The summed E-state index contributed by atoms with van der Waals surface area (Å²) in [5, 5.41) is 10.3. The van der Waals surface area contributed by atoms with Crippen molar-refractivity contribution in [1.29, 1.82) is 5.26 Å². The van der Waals surface area contributed by atoms with Gasteiger partial charge in [0.25, 0.3) is 0 Å². The number of nitriles is 1. The van der Waals surface area contributed by atoms with Crippen LogP contribution in [0.25, 0.3) is 10.2 Å². The number of fused-ring (bicyclic) bond motifs is 1. The highest BCUT2D eigenvalue weighted by molar-refractivity contribution is 7.18.